The molecule has 0 aliphatic carbocycles. The van der Waals surface area contributed by atoms with Crippen LogP contribution in [0.2, 0.25) is 0 Å². The Balaban J connectivity index is 1.58. The summed E-state index contributed by atoms with van der Waals surface area (Å²) >= 11 is 0. The maximum Gasteiger partial charge on any atom is 0.126 e. The molecule has 3 aromatic rings. The third kappa shape index (κ3) is 4.89. The number of rotatable bonds is 5. The first-order valence-corrected chi connectivity index (χ1v) is 10.8. The molecule has 1 unspecified atom stereocenters. The molecule has 1 aliphatic rings. The maximum absolute atomic E-state index is 4.64. The minimum atomic E-state index is 0.0561. The SMILES string of the molecule is CC(C)(C)N1CCNC(c2ccnc(NC(c3ccccc3)c3ccccc3)c2)C1. The van der Waals surface area contributed by atoms with E-state index in [9.17, 15) is 0 Å². The van der Waals surface area contributed by atoms with Crippen LogP contribution in [-0.4, -0.2) is 35.1 Å². The van der Waals surface area contributed by atoms with Gasteiger partial charge in [0, 0.05) is 37.4 Å². The van der Waals surface area contributed by atoms with Gasteiger partial charge in [-0.2, -0.15) is 0 Å². The molecule has 1 fully saturated rings. The molecule has 4 nitrogen and oxygen atoms in total. The van der Waals surface area contributed by atoms with E-state index >= 15 is 0 Å². The molecule has 0 radical (unpaired) electrons. The summed E-state index contributed by atoms with van der Waals surface area (Å²) in [6, 6.07) is 25.8. The average molecular weight is 401 g/mol. The second kappa shape index (κ2) is 8.99. The lowest BCUT2D eigenvalue weighted by Crippen LogP contribution is -2.53. The van der Waals surface area contributed by atoms with Crippen molar-refractivity contribution in [3.8, 4) is 0 Å². The van der Waals surface area contributed by atoms with Crippen molar-refractivity contribution in [2.45, 2.75) is 38.4 Å². The summed E-state index contributed by atoms with van der Waals surface area (Å²) in [6.45, 7) is 9.97. The van der Waals surface area contributed by atoms with Crippen LogP contribution < -0.4 is 10.6 Å². The Morgan fingerprint density at radius 2 is 1.60 bits per heavy atom. The number of anilines is 1. The first kappa shape index (κ1) is 20.6. The standard InChI is InChI=1S/C26H32N4/c1-26(2,3)30-17-16-27-23(19-30)22-14-15-28-24(18-22)29-25(20-10-6-4-7-11-20)21-12-8-5-9-13-21/h4-15,18,23,25,27H,16-17,19H2,1-3H3,(H,28,29). The second-order valence-electron chi connectivity index (χ2n) is 9.00. The predicted octanol–water partition coefficient (Wildman–Crippen LogP) is 5.03. The number of nitrogens with one attached hydrogen (secondary N) is 2. The van der Waals surface area contributed by atoms with Crippen molar-refractivity contribution in [3.05, 3.63) is 95.7 Å². The van der Waals surface area contributed by atoms with Gasteiger partial charge < -0.3 is 10.6 Å². The highest BCUT2D eigenvalue weighted by Crippen LogP contribution is 2.28. The fourth-order valence-corrected chi connectivity index (χ4v) is 4.12. The zero-order valence-electron chi connectivity index (χ0n) is 18.2. The third-order valence-corrected chi connectivity index (χ3v) is 5.87. The molecular weight excluding hydrogens is 368 g/mol. The van der Waals surface area contributed by atoms with Crippen LogP contribution in [0.15, 0.2) is 79.0 Å². The van der Waals surface area contributed by atoms with Crippen molar-refractivity contribution < 1.29 is 0 Å². The van der Waals surface area contributed by atoms with Crippen LogP contribution in [0.25, 0.3) is 0 Å². The van der Waals surface area contributed by atoms with Crippen LogP contribution in [0.4, 0.5) is 5.82 Å². The number of hydrogen-bond donors (Lipinski definition) is 2. The monoisotopic (exact) mass is 400 g/mol. The highest BCUT2D eigenvalue weighted by Gasteiger charge is 2.28. The summed E-state index contributed by atoms with van der Waals surface area (Å²) in [5.41, 5.74) is 3.91. The molecule has 4 heteroatoms. The van der Waals surface area contributed by atoms with E-state index in [0.717, 1.165) is 25.5 Å². The number of hydrogen-bond acceptors (Lipinski definition) is 4. The summed E-state index contributed by atoms with van der Waals surface area (Å²) in [5, 5.41) is 7.36. The Labute approximate surface area is 180 Å². The molecule has 2 N–H and O–H groups in total. The van der Waals surface area contributed by atoms with Gasteiger partial charge in [0.2, 0.25) is 0 Å². The Bertz CT molecular complexity index is 895. The highest BCUT2D eigenvalue weighted by atomic mass is 15.2. The first-order chi connectivity index (χ1) is 14.5. The Kier molecular flexibility index (Phi) is 6.16. The van der Waals surface area contributed by atoms with E-state index in [0.29, 0.717) is 6.04 Å². The van der Waals surface area contributed by atoms with E-state index in [1.54, 1.807) is 0 Å². The third-order valence-electron chi connectivity index (χ3n) is 5.87. The van der Waals surface area contributed by atoms with Crippen LogP contribution in [0, 0.1) is 0 Å². The van der Waals surface area contributed by atoms with E-state index in [1.807, 2.05) is 6.20 Å². The summed E-state index contributed by atoms with van der Waals surface area (Å²) < 4.78 is 0. The van der Waals surface area contributed by atoms with E-state index in [-0.39, 0.29) is 11.6 Å². The van der Waals surface area contributed by atoms with Gasteiger partial charge in [-0.3, -0.25) is 4.90 Å². The van der Waals surface area contributed by atoms with Gasteiger partial charge in [0.05, 0.1) is 6.04 Å². The molecular formula is C26H32N4. The summed E-state index contributed by atoms with van der Waals surface area (Å²) in [5.74, 6) is 0.903. The van der Waals surface area contributed by atoms with Crippen molar-refractivity contribution >= 4 is 5.82 Å². The van der Waals surface area contributed by atoms with Gasteiger partial charge in [-0.1, -0.05) is 60.7 Å². The lowest BCUT2D eigenvalue weighted by atomic mass is 9.98. The molecule has 2 aromatic carbocycles. The zero-order valence-corrected chi connectivity index (χ0v) is 18.2. The quantitative estimate of drug-likeness (QED) is 0.630. The van der Waals surface area contributed by atoms with E-state index < -0.39 is 0 Å². The van der Waals surface area contributed by atoms with Crippen molar-refractivity contribution in [1.29, 1.82) is 0 Å². The highest BCUT2D eigenvalue weighted by molar-refractivity contribution is 5.46. The van der Waals surface area contributed by atoms with Crippen LogP contribution in [0.3, 0.4) is 0 Å². The molecule has 0 amide bonds. The normalized spacial score (nSPS) is 17.8. The maximum atomic E-state index is 4.64. The largest absolute Gasteiger partial charge is 0.359 e. The Hall–Kier alpha value is -2.69. The molecule has 0 spiro atoms. The molecule has 4 rings (SSSR count). The lowest BCUT2D eigenvalue weighted by molar-refractivity contribution is 0.0957. The van der Waals surface area contributed by atoms with Gasteiger partial charge in [-0.15, -0.1) is 0 Å². The molecule has 1 aromatic heterocycles. The van der Waals surface area contributed by atoms with Gasteiger partial charge in [0.25, 0.3) is 0 Å². The van der Waals surface area contributed by atoms with Crippen LogP contribution in [-0.2, 0) is 0 Å². The van der Waals surface area contributed by atoms with Gasteiger partial charge in [-0.05, 0) is 49.6 Å². The van der Waals surface area contributed by atoms with Gasteiger partial charge in [-0.25, -0.2) is 4.98 Å². The van der Waals surface area contributed by atoms with Crippen molar-refractivity contribution in [2.75, 3.05) is 25.0 Å². The molecule has 0 bridgehead atoms. The minimum Gasteiger partial charge on any atom is -0.359 e. The number of benzene rings is 2. The fourth-order valence-electron chi connectivity index (χ4n) is 4.12. The van der Waals surface area contributed by atoms with Crippen LogP contribution >= 0.6 is 0 Å². The number of piperazine rings is 1. The molecule has 30 heavy (non-hydrogen) atoms. The second-order valence-corrected chi connectivity index (χ2v) is 9.00. The number of nitrogens with zero attached hydrogens (tertiary/aromatic N) is 2. The first-order valence-electron chi connectivity index (χ1n) is 10.8. The molecule has 2 heterocycles. The van der Waals surface area contributed by atoms with Gasteiger partial charge in [0.15, 0.2) is 0 Å². The van der Waals surface area contributed by atoms with Crippen molar-refractivity contribution in [2.24, 2.45) is 0 Å². The average Bonchev–Trinajstić information content (AvgIpc) is 2.78. The lowest BCUT2D eigenvalue weighted by Gasteiger charge is -2.42. The molecule has 1 atom stereocenters. The molecule has 1 aliphatic heterocycles. The smallest absolute Gasteiger partial charge is 0.126 e. The predicted molar refractivity (Wildman–Crippen MR) is 125 cm³/mol. The molecule has 1 saturated heterocycles. The fraction of sp³-hybridized carbons (Fsp3) is 0.346. The summed E-state index contributed by atoms with van der Waals surface area (Å²) in [4.78, 5) is 7.19. The van der Waals surface area contributed by atoms with Crippen molar-refractivity contribution in [1.82, 2.24) is 15.2 Å². The van der Waals surface area contributed by atoms with Crippen LogP contribution in [0.1, 0.15) is 49.5 Å². The Morgan fingerprint density at radius 1 is 0.967 bits per heavy atom. The zero-order chi connectivity index (χ0) is 21.0. The van der Waals surface area contributed by atoms with Gasteiger partial charge in [0.1, 0.15) is 5.82 Å². The molecule has 156 valence electrons. The summed E-state index contributed by atoms with van der Waals surface area (Å²) in [6.07, 6.45) is 1.92. The minimum absolute atomic E-state index is 0.0561. The molecule has 0 saturated carbocycles. The summed E-state index contributed by atoms with van der Waals surface area (Å²) in [7, 11) is 0. The van der Waals surface area contributed by atoms with E-state index in [1.165, 1.54) is 16.7 Å². The number of aromatic nitrogens is 1. The van der Waals surface area contributed by atoms with E-state index in [4.69, 9.17) is 0 Å². The van der Waals surface area contributed by atoms with E-state index in [2.05, 4.69) is 114 Å². The van der Waals surface area contributed by atoms with Crippen molar-refractivity contribution in [3.63, 3.8) is 0 Å². The number of pyridine rings is 1. The Morgan fingerprint density at radius 3 is 2.20 bits per heavy atom. The van der Waals surface area contributed by atoms with Crippen LogP contribution in [0.5, 0.6) is 0 Å². The topological polar surface area (TPSA) is 40.2 Å². The van der Waals surface area contributed by atoms with Gasteiger partial charge >= 0.3 is 0 Å².